The van der Waals surface area contributed by atoms with Gasteiger partial charge >= 0.3 is 5.97 Å². The second kappa shape index (κ2) is 7.43. The van der Waals surface area contributed by atoms with Crippen LogP contribution in [0.25, 0.3) is 16.8 Å². The zero-order valence-corrected chi connectivity index (χ0v) is 15.7. The van der Waals surface area contributed by atoms with E-state index < -0.39 is 5.97 Å². The van der Waals surface area contributed by atoms with Gasteiger partial charge in [0, 0.05) is 22.6 Å². The summed E-state index contributed by atoms with van der Waals surface area (Å²) in [7, 11) is 0. The molecule has 0 aliphatic heterocycles. The van der Waals surface area contributed by atoms with Crippen LogP contribution in [0.2, 0.25) is 0 Å². The Bertz CT molecular complexity index is 933. The summed E-state index contributed by atoms with van der Waals surface area (Å²) < 4.78 is 2.34. The predicted molar refractivity (Wildman–Crippen MR) is 109 cm³/mol. The fourth-order valence-electron chi connectivity index (χ4n) is 4.34. The third-order valence-electron chi connectivity index (χ3n) is 5.76. The van der Waals surface area contributed by atoms with E-state index >= 15 is 0 Å². The fourth-order valence-corrected chi connectivity index (χ4v) is 4.34. The maximum Gasteiger partial charge on any atom is 0.335 e. The van der Waals surface area contributed by atoms with E-state index in [4.69, 9.17) is 0 Å². The molecule has 0 spiro atoms. The average Bonchev–Trinajstić information content (AvgIpc) is 3.06. The van der Waals surface area contributed by atoms with Crippen LogP contribution in [0.3, 0.4) is 0 Å². The van der Waals surface area contributed by atoms with Crippen LogP contribution in [0.5, 0.6) is 0 Å². The Balaban J connectivity index is 1.85. The first-order valence-electron chi connectivity index (χ1n) is 9.76. The largest absolute Gasteiger partial charge is 0.478 e. The van der Waals surface area contributed by atoms with E-state index in [1.165, 1.54) is 54.6 Å². The lowest BCUT2D eigenvalue weighted by molar-refractivity contribution is 0.0697. The van der Waals surface area contributed by atoms with Crippen molar-refractivity contribution in [3.63, 3.8) is 0 Å². The average molecular weight is 359 g/mol. The number of aromatic nitrogens is 1. The zero-order chi connectivity index (χ0) is 18.8. The van der Waals surface area contributed by atoms with E-state index in [0.717, 1.165) is 5.69 Å². The zero-order valence-electron chi connectivity index (χ0n) is 15.7. The SMILES string of the molecule is Cc1c(-c2ccccc2)cc(C2CCCCC2)n1-c1ccc(C(=O)O)cc1. The topological polar surface area (TPSA) is 42.2 Å². The van der Waals surface area contributed by atoms with Crippen molar-refractivity contribution in [2.45, 2.75) is 44.9 Å². The number of aromatic carboxylic acids is 1. The van der Waals surface area contributed by atoms with E-state index in [1.807, 2.05) is 18.2 Å². The molecule has 1 fully saturated rings. The molecule has 1 aromatic heterocycles. The number of hydrogen-bond acceptors (Lipinski definition) is 1. The molecule has 27 heavy (non-hydrogen) atoms. The van der Waals surface area contributed by atoms with E-state index in [9.17, 15) is 9.90 Å². The number of rotatable bonds is 4. The first-order valence-corrected chi connectivity index (χ1v) is 9.76. The highest BCUT2D eigenvalue weighted by atomic mass is 16.4. The van der Waals surface area contributed by atoms with Crippen LogP contribution in [0.1, 0.15) is 59.8 Å². The second-order valence-electron chi connectivity index (χ2n) is 7.46. The van der Waals surface area contributed by atoms with Gasteiger partial charge in [-0.1, -0.05) is 49.6 Å². The fraction of sp³-hybridized carbons (Fsp3) is 0.292. The number of carbonyl (C=O) groups is 1. The van der Waals surface area contributed by atoms with Crippen LogP contribution >= 0.6 is 0 Å². The minimum absolute atomic E-state index is 0.325. The molecule has 138 valence electrons. The molecular weight excluding hydrogens is 334 g/mol. The molecule has 0 saturated heterocycles. The van der Waals surface area contributed by atoms with Crippen LogP contribution in [0, 0.1) is 6.92 Å². The van der Waals surface area contributed by atoms with Crippen molar-refractivity contribution in [2.24, 2.45) is 0 Å². The van der Waals surface area contributed by atoms with Crippen LogP contribution in [-0.4, -0.2) is 15.6 Å². The molecule has 2 aromatic carbocycles. The van der Waals surface area contributed by atoms with Crippen LogP contribution in [0.15, 0.2) is 60.7 Å². The van der Waals surface area contributed by atoms with Crippen molar-refractivity contribution in [1.82, 2.24) is 4.57 Å². The molecular formula is C24H25NO2. The third kappa shape index (κ3) is 3.42. The van der Waals surface area contributed by atoms with Crippen molar-refractivity contribution in [2.75, 3.05) is 0 Å². The lowest BCUT2D eigenvalue weighted by atomic mass is 9.86. The molecule has 0 radical (unpaired) electrons. The van der Waals surface area contributed by atoms with Crippen molar-refractivity contribution < 1.29 is 9.90 Å². The minimum Gasteiger partial charge on any atom is -0.478 e. The predicted octanol–water partition coefficient (Wildman–Crippen LogP) is 6.20. The quantitative estimate of drug-likeness (QED) is 0.603. The van der Waals surface area contributed by atoms with Gasteiger partial charge in [-0.3, -0.25) is 0 Å². The first-order chi connectivity index (χ1) is 13.1. The van der Waals surface area contributed by atoms with Gasteiger partial charge in [0.15, 0.2) is 0 Å². The Labute approximate surface area is 160 Å². The Morgan fingerprint density at radius 1 is 0.963 bits per heavy atom. The molecule has 1 heterocycles. The molecule has 0 atom stereocenters. The second-order valence-corrected chi connectivity index (χ2v) is 7.46. The smallest absolute Gasteiger partial charge is 0.335 e. The molecule has 4 rings (SSSR count). The van der Waals surface area contributed by atoms with Gasteiger partial charge in [0.2, 0.25) is 0 Å². The minimum atomic E-state index is -0.886. The molecule has 3 aromatic rings. The van der Waals surface area contributed by atoms with Gasteiger partial charge < -0.3 is 9.67 Å². The summed E-state index contributed by atoms with van der Waals surface area (Å²) in [5.74, 6) is -0.322. The van der Waals surface area contributed by atoms with Gasteiger partial charge in [0.1, 0.15) is 0 Å². The maximum absolute atomic E-state index is 11.2. The summed E-state index contributed by atoms with van der Waals surface area (Å²) in [6, 6.07) is 20.1. The Morgan fingerprint density at radius 2 is 1.63 bits per heavy atom. The third-order valence-corrected chi connectivity index (χ3v) is 5.76. The number of nitrogens with zero attached hydrogens (tertiary/aromatic N) is 1. The summed E-state index contributed by atoms with van der Waals surface area (Å²) in [6.45, 7) is 2.17. The summed E-state index contributed by atoms with van der Waals surface area (Å²) in [4.78, 5) is 11.2. The van der Waals surface area contributed by atoms with Crippen LogP contribution in [0.4, 0.5) is 0 Å². The number of hydrogen-bond donors (Lipinski definition) is 1. The van der Waals surface area contributed by atoms with Gasteiger partial charge in [-0.15, -0.1) is 0 Å². The Morgan fingerprint density at radius 3 is 2.26 bits per heavy atom. The molecule has 1 saturated carbocycles. The van der Waals surface area contributed by atoms with Crippen LogP contribution < -0.4 is 0 Å². The molecule has 3 nitrogen and oxygen atoms in total. The maximum atomic E-state index is 11.2. The molecule has 0 unspecified atom stereocenters. The van der Waals surface area contributed by atoms with Gasteiger partial charge in [-0.2, -0.15) is 0 Å². The highest BCUT2D eigenvalue weighted by Gasteiger charge is 2.23. The summed E-state index contributed by atoms with van der Waals surface area (Å²) in [6.07, 6.45) is 6.35. The molecule has 0 amide bonds. The highest BCUT2D eigenvalue weighted by Crippen LogP contribution is 2.39. The van der Waals surface area contributed by atoms with Crippen molar-refractivity contribution >= 4 is 5.97 Å². The van der Waals surface area contributed by atoms with E-state index in [2.05, 4.69) is 41.8 Å². The van der Waals surface area contributed by atoms with E-state index in [-0.39, 0.29) is 0 Å². The summed E-state index contributed by atoms with van der Waals surface area (Å²) >= 11 is 0. The number of carboxylic acid groups (broad SMARTS) is 1. The Hall–Kier alpha value is -2.81. The standard InChI is InChI=1S/C24H25NO2/c1-17-22(18-8-4-2-5-9-18)16-23(19-10-6-3-7-11-19)25(17)21-14-12-20(13-15-21)24(26)27/h2,4-5,8-9,12-16,19H,3,6-7,10-11H2,1H3,(H,26,27). The van der Waals surface area contributed by atoms with Crippen LogP contribution in [-0.2, 0) is 0 Å². The summed E-state index contributed by atoms with van der Waals surface area (Å²) in [5.41, 5.74) is 6.43. The molecule has 1 aliphatic rings. The number of benzene rings is 2. The first kappa shape index (κ1) is 17.6. The van der Waals surface area contributed by atoms with E-state index in [0.29, 0.717) is 11.5 Å². The van der Waals surface area contributed by atoms with Gasteiger partial charge in [-0.05, 0) is 61.6 Å². The lowest BCUT2D eigenvalue weighted by Crippen LogP contribution is -2.11. The van der Waals surface area contributed by atoms with Gasteiger partial charge in [0.05, 0.1) is 5.56 Å². The van der Waals surface area contributed by atoms with Crippen molar-refractivity contribution in [3.05, 3.63) is 77.6 Å². The van der Waals surface area contributed by atoms with Crippen molar-refractivity contribution in [1.29, 1.82) is 0 Å². The molecule has 0 bridgehead atoms. The molecule has 3 heteroatoms. The van der Waals surface area contributed by atoms with Crippen molar-refractivity contribution in [3.8, 4) is 16.8 Å². The van der Waals surface area contributed by atoms with E-state index in [1.54, 1.807) is 12.1 Å². The Kier molecular flexibility index (Phi) is 4.85. The highest BCUT2D eigenvalue weighted by molar-refractivity contribution is 5.87. The monoisotopic (exact) mass is 359 g/mol. The van der Waals surface area contributed by atoms with Gasteiger partial charge in [-0.25, -0.2) is 4.79 Å². The molecule has 1 N–H and O–H groups in total. The summed E-state index contributed by atoms with van der Waals surface area (Å²) in [5, 5.41) is 9.21. The normalized spacial score (nSPS) is 15.0. The lowest BCUT2D eigenvalue weighted by Gasteiger charge is -2.24. The van der Waals surface area contributed by atoms with Gasteiger partial charge in [0.25, 0.3) is 0 Å². The number of carboxylic acids is 1. The molecule has 1 aliphatic carbocycles.